The van der Waals surface area contributed by atoms with Crippen LogP contribution in [0.4, 0.5) is 0 Å². The molecule has 0 aromatic rings. The third-order valence-corrected chi connectivity index (χ3v) is 3.20. The number of hydrogen-bond donors (Lipinski definition) is 2. The molecule has 2 N–H and O–H groups in total. The standard InChI is InChI=1S/C13H23NO2/c1-2-3-9-12(10-15)14-13(16)11-7-5-4-6-8-11/h2-3,11-12,15H,4-10H2,1H3,(H,14,16)/b3-2+/t12-/m1/s1. The van der Waals surface area contributed by atoms with Gasteiger partial charge in [-0.2, -0.15) is 0 Å². The van der Waals surface area contributed by atoms with Crippen molar-refractivity contribution in [2.24, 2.45) is 5.92 Å². The molecule has 1 atom stereocenters. The number of aliphatic hydroxyl groups excluding tert-OH is 1. The van der Waals surface area contributed by atoms with Crippen molar-refractivity contribution in [2.75, 3.05) is 6.61 Å². The summed E-state index contributed by atoms with van der Waals surface area (Å²) in [6.07, 6.45) is 10.2. The van der Waals surface area contributed by atoms with E-state index in [1.54, 1.807) is 0 Å². The second kappa shape index (κ2) is 7.44. The summed E-state index contributed by atoms with van der Waals surface area (Å²) in [5.74, 6) is 0.302. The lowest BCUT2D eigenvalue weighted by atomic mass is 9.88. The van der Waals surface area contributed by atoms with E-state index < -0.39 is 0 Å². The minimum atomic E-state index is -0.120. The van der Waals surface area contributed by atoms with Crippen molar-refractivity contribution in [2.45, 2.75) is 51.5 Å². The van der Waals surface area contributed by atoms with Crippen molar-refractivity contribution in [3.8, 4) is 0 Å². The van der Waals surface area contributed by atoms with Gasteiger partial charge in [0.1, 0.15) is 0 Å². The second-order valence-electron chi connectivity index (χ2n) is 4.53. The van der Waals surface area contributed by atoms with E-state index in [-0.39, 0.29) is 24.5 Å². The van der Waals surface area contributed by atoms with Crippen LogP contribution in [-0.4, -0.2) is 23.7 Å². The summed E-state index contributed by atoms with van der Waals surface area (Å²) in [5.41, 5.74) is 0. The Hall–Kier alpha value is -0.830. The van der Waals surface area contributed by atoms with Gasteiger partial charge in [-0.1, -0.05) is 31.4 Å². The van der Waals surface area contributed by atoms with Crippen LogP contribution in [0.5, 0.6) is 0 Å². The highest BCUT2D eigenvalue weighted by Gasteiger charge is 2.22. The molecule has 0 unspecified atom stereocenters. The number of nitrogens with one attached hydrogen (secondary N) is 1. The van der Waals surface area contributed by atoms with Crippen molar-refractivity contribution in [3.63, 3.8) is 0 Å². The normalized spacial score (nSPS) is 19.9. The van der Waals surface area contributed by atoms with Crippen LogP contribution in [0.3, 0.4) is 0 Å². The molecule has 0 bridgehead atoms. The van der Waals surface area contributed by atoms with Crippen LogP contribution in [0.15, 0.2) is 12.2 Å². The van der Waals surface area contributed by atoms with Gasteiger partial charge >= 0.3 is 0 Å². The first-order chi connectivity index (χ1) is 7.77. The van der Waals surface area contributed by atoms with Crippen LogP contribution >= 0.6 is 0 Å². The Morgan fingerprint density at radius 3 is 2.69 bits per heavy atom. The number of amides is 1. The molecular formula is C13H23NO2. The number of aliphatic hydroxyl groups is 1. The number of carbonyl (C=O) groups is 1. The van der Waals surface area contributed by atoms with E-state index in [0.29, 0.717) is 6.42 Å². The molecular weight excluding hydrogens is 202 g/mol. The highest BCUT2D eigenvalue weighted by molar-refractivity contribution is 5.79. The maximum Gasteiger partial charge on any atom is 0.223 e. The fourth-order valence-corrected chi connectivity index (χ4v) is 2.16. The van der Waals surface area contributed by atoms with Crippen LogP contribution in [0.2, 0.25) is 0 Å². The summed E-state index contributed by atoms with van der Waals surface area (Å²) in [6, 6.07) is -0.120. The number of carbonyl (C=O) groups excluding carboxylic acids is 1. The van der Waals surface area contributed by atoms with Gasteiger partial charge in [0.25, 0.3) is 0 Å². The van der Waals surface area contributed by atoms with Crippen molar-refractivity contribution >= 4 is 5.91 Å². The van der Waals surface area contributed by atoms with E-state index >= 15 is 0 Å². The van der Waals surface area contributed by atoms with E-state index in [0.717, 1.165) is 25.7 Å². The average Bonchev–Trinajstić information content (AvgIpc) is 2.35. The molecule has 16 heavy (non-hydrogen) atoms. The molecule has 1 fully saturated rings. The van der Waals surface area contributed by atoms with Gasteiger partial charge in [-0.15, -0.1) is 0 Å². The highest BCUT2D eigenvalue weighted by atomic mass is 16.3. The lowest BCUT2D eigenvalue weighted by Gasteiger charge is -2.23. The molecule has 1 amide bonds. The lowest BCUT2D eigenvalue weighted by Crippen LogP contribution is -2.41. The van der Waals surface area contributed by atoms with Gasteiger partial charge < -0.3 is 10.4 Å². The van der Waals surface area contributed by atoms with Gasteiger partial charge in [0.15, 0.2) is 0 Å². The topological polar surface area (TPSA) is 49.3 Å². The molecule has 1 rings (SSSR count). The van der Waals surface area contributed by atoms with Gasteiger partial charge in [-0.3, -0.25) is 4.79 Å². The predicted octanol–water partition coefficient (Wildman–Crippen LogP) is 2.01. The smallest absolute Gasteiger partial charge is 0.223 e. The van der Waals surface area contributed by atoms with Gasteiger partial charge in [-0.05, 0) is 26.2 Å². The monoisotopic (exact) mass is 225 g/mol. The van der Waals surface area contributed by atoms with Crippen LogP contribution in [0, 0.1) is 5.92 Å². The maximum atomic E-state index is 11.9. The van der Waals surface area contributed by atoms with Crippen molar-refractivity contribution < 1.29 is 9.90 Å². The molecule has 0 aromatic heterocycles. The Morgan fingerprint density at radius 2 is 2.12 bits per heavy atom. The summed E-state index contributed by atoms with van der Waals surface area (Å²) < 4.78 is 0. The van der Waals surface area contributed by atoms with Crippen molar-refractivity contribution in [1.29, 1.82) is 0 Å². The predicted molar refractivity (Wildman–Crippen MR) is 65.0 cm³/mol. The zero-order valence-corrected chi connectivity index (χ0v) is 10.1. The third-order valence-electron chi connectivity index (χ3n) is 3.20. The molecule has 3 nitrogen and oxygen atoms in total. The molecule has 0 saturated heterocycles. The Kier molecular flexibility index (Phi) is 6.16. The van der Waals surface area contributed by atoms with Crippen LogP contribution < -0.4 is 5.32 Å². The number of rotatable bonds is 5. The van der Waals surface area contributed by atoms with Crippen molar-refractivity contribution in [1.82, 2.24) is 5.32 Å². The average molecular weight is 225 g/mol. The zero-order chi connectivity index (χ0) is 11.8. The molecule has 0 aliphatic heterocycles. The lowest BCUT2D eigenvalue weighted by molar-refractivity contribution is -0.126. The minimum absolute atomic E-state index is 0.0167. The largest absolute Gasteiger partial charge is 0.394 e. The molecule has 0 aromatic carbocycles. The molecule has 3 heteroatoms. The van der Waals surface area contributed by atoms with Gasteiger partial charge in [-0.25, -0.2) is 0 Å². The second-order valence-corrected chi connectivity index (χ2v) is 4.53. The first-order valence-electron chi connectivity index (χ1n) is 6.30. The zero-order valence-electron chi connectivity index (χ0n) is 10.1. The Labute approximate surface area is 97.9 Å². The maximum absolute atomic E-state index is 11.9. The van der Waals surface area contributed by atoms with E-state index in [9.17, 15) is 4.79 Å². The number of hydrogen-bond acceptors (Lipinski definition) is 2. The molecule has 0 heterocycles. The molecule has 1 aliphatic carbocycles. The number of allylic oxidation sites excluding steroid dienone is 1. The Morgan fingerprint density at radius 1 is 1.44 bits per heavy atom. The summed E-state index contributed by atoms with van der Waals surface area (Å²) in [4.78, 5) is 11.9. The van der Waals surface area contributed by atoms with Gasteiger partial charge in [0, 0.05) is 5.92 Å². The van der Waals surface area contributed by atoms with Crippen molar-refractivity contribution in [3.05, 3.63) is 12.2 Å². The fraction of sp³-hybridized carbons (Fsp3) is 0.769. The van der Waals surface area contributed by atoms with Crippen LogP contribution in [-0.2, 0) is 4.79 Å². The Bertz CT molecular complexity index is 232. The molecule has 1 saturated carbocycles. The van der Waals surface area contributed by atoms with Gasteiger partial charge in [0.2, 0.25) is 5.91 Å². The summed E-state index contributed by atoms with van der Waals surface area (Å²) in [7, 11) is 0. The SMILES string of the molecule is C/C=C/C[C@H](CO)NC(=O)C1CCCCC1. The van der Waals surface area contributed by atoms with E-state index in [4.69, 9.17) is 5.11 Å². The van der Waals surface area contributed by atoms with Crippen LogP contribution in [0.25, 0.3) is 0 Å². The van der Waals surface area contributed by atoms with E-state index in [2.05, 4.69) is 5.32 Å². The molecule has 0 spiro atoms. The molecule has 1 aliphatic rings. The quantitative estimate of drug-likeness (QED) is 0.703. The first kappa shape index (κ1) is 13.2. The fourth-order valence-electron chi connectivity index (χ4n) is 2.16. The Balaban J connectivity index is 2.34. The highest BCUT2D eigenvalue weighted by Crippen LogP contribution is 2.23. The van der Waals surface area contributed by atoms with E-state index in [1.807, 2.05) is 19.1 Å². The molecule has 92 valence electrons. The van der Waals surface area contributed by atoms with E-state index in [1.165, 1.54) is 6.42 Å². The third kappa shape index (κ3) is 4.35. The van der Waals surface area contributed by atoms with Gasteiger partial charge in [0.05, 0.1) is 12.6 Å². The summed E-state index contributed by atoms with van der Waals surface area (Å²) in [5, 5.41) is 12.1. The first-order valence-corrected chi connectivity index (χ1v) is 6.30. The van der Waals surface area contributed by atoms with Crippen LogP contribution in [0.1, 0.15) is 45.4 Å². The summed E-state index contributed by atoms with van der Waals surface area (Å²) in [6.45, 7) is 1.96. The summed E-state index contributed by atoms with van der Waals surface area (Å²) >= 11 is 0. The minimum Gasteiger partial charge on any atom is -0.394 e. The molecule has 0 radical (unpaired) electrons.